The Bertz CT molecular complexity index is 318. The topological polar surface area (TPSA) is 12.0 Å². The Hall–Kier alpha value is -0.530. The molecule has 15 heavy (non-hydrogen) atoms. The van der Waals surface area contributed by atoms with E-state index in [0.29, 0.717) is 5.92 Å². The van der Waals surface area contributed by atoms with Crippen molar-refractivity contribution in [1.29, 1.82) is 0 Å². The minimum absolute atomic E-state index is 0.619. The Labute approximate surface area is 96.8 Å². The summed E-state index contributed by atoms with van der Waals surface area (Å²) in [6, 6.07) is 8.27. The van der Waals surface area contributed by atoms with Gasteiger partial charge in [0.25, 0.3) is 0 Å². The maximum atomic E-state index is 6.26. The lowest BCUT2D eigenvalue weighted by Crippen LogP contribution is -2.16. The molecule has 0 saturated carbocycles. The number of halogens is 1. The van der Waals surface area contributed by atoms with Crippen LogP contribution in [0.25, 0.3) is 0 Å². The molecular weight excluding hydrogens is 206 g/mol. The van der Waals surface area contributed by atoms with Crippen molar-refractivity contribution < 1.29 is 0 Å². The van der Waals surface area contributed by atoms with Gasteiger partial charge in [-0.25, -0.2) is 0 Å². The lowest BCUT2D eigenvalue weighted by Gasteiger charge is -2.22. The monoisotopic (exact) mass is 223 g/mol. The number of hydrogen-bond acceptors (Lipinski definition) is 1. The van der Waals surface area contributed by atoms with Gasteiger partial charge in [-0.05, 0) is 49.4 Å². The molecule has 1 aliphatic heterocycles. The Balaban J connectivity index is 2.22. The molecule has 1 aliphatic rings. The van der Waals surface area contributed by atoms with E-state index in [1.165, 1.54) is 18.4 Å². The van der Waals surface area contributed by atoms with E-state index in [9.17, 15) is 0 Å². The van der Waals surface area contributed by atoms with E-state index < -0.39 is 0 Å². The highest BCUT2D eigenvalue weighted by Crippen LogP contribution is 2.35. The fourth-order valence-electron chi connectivity index (χ4n) is 2.60. The molecule has 82 valence electrons. The average Bonchev–Trinajstić information content (AvgIpc) is 2.75. The Kier molecular flexibility index (Phi) is 3.66. The molecule has 2 rings (SSSR count). The van der Waals surface area contributed by atoms with Gasteiger partial charge >= 0.3 is 0 Å². The maximum absolute atomic E-state index is 6.26. The molecule has 0 bridgehead atoms. The Morgan fingerprint density at radius 1 is 1.47 bits per heavy atom. The summed E-state index contributed by atoms with van der Waals surface area (Å²) in [5.74, 6) is 1.38. The number of benzene rings is 1. The van der Waals surface area contributed by atoms with E-state index in [-0.39, 0.29) is 0 Å². The van der Waals surface area contributed by atoms with Crippen LogP contribution >= 0.6 is 11.6 Å². The van der Waals surface area contributed by atoms with E-state index in [2.05, 4.69) is 24.4 Å². The van der Waals surface area contributed by atoms with Gasteiger partial charge in [0.2, 0.25) is 0 Å². The predicted octanol–water partition coefficient (Wildman–Crippen LogP) is 3.44. The molecule has 2 unspecified atom stereocenters. The zero-order valence-corrected chi connectivity index (χ0v) is 9.93. The quantitative estimate of drug-likeness (QED) is 0.828. The summed E-state index contributed by atoms with van der Waals surface area (Å²) < 4.78 is 0. The third-order valence-corrected chi connectivity index (χ3v) is 3.76. The van der Waals surface area contributed by atoms with Gasteiger partial charge in [0.15, 0.2) is 0 Å². The first kappa shape index (κ1) is 11.0. The van der Waals surface area contributed by atoms with Gasteiger partial charge in [-0.15, -0.1) is 0 Å². The molecule has 0 spiro atoms. The second kappa shape index (κ2) is 5.00. The largest absolute Gasteiger partial charge is 0.316 e. The van der Waals surface area contributed by atoms with E-state index >= 15 is 0 Å². The lowest BCUT2D eigenvalue weighted by molar-refractivity contribution is 0.447. The van der Waals surface area contributed by atoms with Crippen LogP contribution in [0.1, 0.15) is 31.2 Å². The Morgan fingerprint density at radius 2 is 2.27 bits per heavy atom. The van der Waals surface area contributed by atoms with Crippen LogP contribution in [0, 0.1) is 5.92 Å². The van der Waals surface area contributed by atoms with E-state index in [1.54, 1.807) is 0 Å². The highest BCUT2D eigenvalue weighted by molar-refractivity contribution is 6.31. The van der Waals surface area contributed by atoms with Crippen LogP contribution in [0.5, 0.6) is 0 Å². The zero-order chi connectivity index (χ0) is 10.7. The van der Waals surface area contributed by atoms with Crippen LogP contribution in [0.15, 0.2) is 24.3 Å². The van der Waals surface area contributed by atoms with Crippen LogP contribution in [-0.2, 0) is 0 Å². The van der Waals surface area contributed by atoms with Gasteiger partial charge < -0.3 is 5.32 Å². The summed E-state index contributed by atoms with van der Waals surface area (Å²) in [6.45, 7) is 4.56. The number of hydrogen-bond donors (Lipinski definition) is 1. The van der Waals surface area contributed by atoms with Crippen molar-refractivity contribution in [1.82, 2.24) is 5.32 Å². The molecule has 1 nitrogen and oxygen atoms in total. The van der Waals surface area contributed by atoms with Crippen LogP contribution < -0.4 is 5.32 Å². The molecular formula is C13H18ClN. The molecule has 0 aromatic heterocycles. The van der Waals surface area contributed by atoms with Crippen molar-refractivity contribution in [2.75, 3.05) is 13.1 Å². The molecule has 0 radical (unpaired) electrons. The van der Waals surface area contributed by atoms with Gasteiger partial charge in [0.05, 0.1) is 0 Å². The first-order valence-corrected chi connectivity index (χ1v) is 6.16. The molecule has 2 atom stereocenters. The molecule has 1 saturated heterocycles. The molecule has 0 aliphatic carbocycles. The Morgan fingerprint density at radius 3 is 2.87 bits per heavy atom. The normalized spacial score (nSPS) is 22.9. The highest BCUT2D eigenvalue weighted by Gasteiger charge is 2.25. The third kappa shape index (κ3) is 2.35. The van der Waals surface area contributed by atoms with Crippen molar-refractivity contribution >= 4 is 11.6 Å². The number of nitrogens with one attached hydrogen (secondary N) is 1. The first-order valence-electron chi connectivity index (χ1n) is 5.78. The second-order valence-electron chi connectivity index (χ2n) is 4.29. The van der Waals surface area contributed by atoms with Crippen molar-refractivity contribution in [3.8, 4) is 0 Å². The molecule has 1 aromatic rings. The number of rotatable bonds is 3. The highest BCUT2D eigenvalue weighted by atomic mass is 35.5. The van der Waals surface area contributed by atoms with Gasteiger partial charge in [-0.3, -0.25) is 0 Å². The minimum Gasteiger partial charge on any atom is -0.316 e. The van der Waals surface area contributed by atoms with E-state index in [0.717, 1.165) is 24.0 Å². The second-order valence-corrected chi connectivity index (χ2v) is 4.70. The smallest absolute Gasteiger partial charge is 0.0440 e. The summed E-state index contributed by atoms with van der Waals surface area (Å²) >= 11 is 6.26. The third-order valence-electron chi connectivity index (χ3n) is 3.41. The molecule has 0 amide bonds. The first-order chi connectivity index (χ1) is 7.33. The molecule has 1 N–H and O–H groups in total. The molecule has 1 aromatic carbocycles. The molecule has 2 heteroatoms. The molecule has 1 fully saturated rings. The minimum atomic E-state index is 0.619. The maximum Gasteiger partial charge on any atom is 0.0440 e. The van der Waals surface area contributed by atoms with Crippen LogP contribution in [0.3, 0.4) is 0 Å². The van der Waals surface area contributed by atoms with Crippen molar-refractivity contribution in [2.45, 2.75) is 25.7 Å². The van der Waals surface area contributed by atoms with Gasteiger partial charge in [0, 0.05) is 5.02 Å². The van der Waals surface area contributed by atoms with Crippen LogP contribution in [-0.4, -0.2) is 13.1 Å². The fourth-order valence-corrected chi connectivity index (χ4v) is 2.88. The van der Waals surface area contributed by atoms with Gasteiger partial charge in [0.1, 0.15) is 0 Å². The molecule has 1 heterocycles. The van der Waals surface area contributed by atoms with E-state index in [1.807, 2.05) is 12.1 Å². The van der Waals surface area contributed by atoms with Crippen LogP contribution in [0.2, 0.25) is 5.02 Å². The zero-order valence-electron chi connectivity index (χ0n) is 9.17. The summed E-state index contributed by atoms with van der Waals surface area (Å²) in [4.78, 5) is 0. The van der Waals surface area contributed by atoms with Crippen molar-refractivity contribution in [3.05, 3.63) is 34.9 Å². The summed E-state index contributed by atoms with van der Waals surface area (Å²) in [5.41, 5.74) is 1.33. The average molecular weight is 224 g/mol. The summed E-state index contributed by atoms with van der Waals surface area (Å²) in [5, 5.41) is 4.36. The summed E-state index contributed by atoms with van der Waals surface area (Å²) in [7, 11) is 0. The fraction of sp³-hybridized carbons (Fsp3) is 0.538. The van der Waals surface area contributed by atoms with E-state index in [4.69, 9.17) is 11.6 Å². The SMILES string of the molecule is CCC(c1ccccc1Cl)C1CCNC1. The lowest BCUT2D eigenvalue weighted by atomic mass is 9.83. The van der Waals surface area contributed by atoms with Crippen molar-refractivity contribution in [2.24, 2.45) is 5.92 Å². The predicted molar refractivity (Wildman–Crippen MR) is 65.5 cm³/mol. The van der Waals surface area contributed by atoms with Gasteiger partial charge in [-0.2, -0.15) is 0 Å². The van der Waals surface area contributed by atoms with Crippen LogP contribution in [0.4, 0.5) is 0 Å². The van der Waals surface area contributed by atoms with Crippen molar-refractivity contribution in [3.63, 3.8) is 0 Å². The van der Waals surface area contributed by atoms with Gasteiger partial charge in [-0.1, -0.05) is 36.7 Å². The summed E-state index contributed by atoms with van der Waals surface area (Å²) in [6.07, 6.45) is 2.46. The standard InChI is InChI=1S/C13H18ClN/c1-2-11(10-7-8-15-9-10)12-5-3-4-6-13(12)14/h3-6,10-11,15H,2,7-9H2,1H3.